The maximum atomic E-state index is 11.0. The second kappa shape index (κ2) is 5.76. The van der Waals surface area contributed by atoms with Crippen LogP contribution < -0.4 is 4.74 Å². The zero-order valence-electron chi connectivity index (χ0n) is 11.1. The van der Waals surface area contributed by atoms with Crippen molar-refractivity contribution in [3.05, 3.63) is 64.1 Å². The van der Waals surface area contributed by atoms with Gasteiger partial charge in [0.1, 0.15) is 11.4 Å². The number of aliphatic hydroxyl groups is 1. The summed E-state index contributed by atoms with van der Waals surface area (Å²) >= 11 is 3.45. The number of hydrogen-bond acceptors (Lipinski definition) is 2. The van der Waals surface area contributed by atoms with Crippen molar-refractivity contribution in [1.29, 1.82) is 0 Å². The maximum Gasteiger partial charge on any atom is 0.119 e. The Morgan fingerprint density at radius 2 is 1.74 bits per heavy atom. The first-order chi connectivity index (χ1) is 9.10. The largest absolute Gasteiger partial charge is 0.497 e. The minimum atomic E-state index is -1.00. The Balaban J connectivity index is 2.52. The first-order valence-corrected chi connectivity index (χ1v) is 7.02. The minimum Gasteiger partial charge on any atom is -0.497 e. The van der Waals surface area contributed by atoms with Crippen molar-refractivity contribution in [2.75, 3.05) is 7.11 Å². The molecule has 0 spiro atoms. The summed E-state index contributed by atoms with van der Waals surface area (Å²) in [5, 5.41) is 11.0. The number of methoxy groups -OCH3 is 1. The van der Waals surface area contributed by atoms with Crippen molar-refractivity contribution in [3.8, 4) is 5.75 Å². The normalized spacial score (nSPS) is 13.9. The van der Waals surface area contributed by atoms with Crippen molar-refractivity contribution in [2.45, 2.75) is 18.9 Å². The van der Waals surface area contributed by atoms with E-state index in [0.717, 1.165) is 21.3 Å². The van der Waals surface area contributed by atoms with Gasteiger partial charge < -0.3 is 9.84 Å². The molecule has 2 nitrogen and oxygen atoms in total. The quantitative estimate of drug-likeness (QED) is 0.918. The molecular weight excluding hydrogens is 304 g/mol. The van der Waals surface area contributed by atoms with Crippen molar-refractivity contribution >= 4 is 15.9 Å². The van der Waals surface area contributed by atoms with Crippen LogP contribution in [0.1, 0.15) is 24.5 Å². The van der Waals surface area contributed by atoms with Gasteiger partial charge in [0.05, 0.1) is 7.11 Å². The van der Waals surface area contributed by atoms with Crippen LogP contribution in [0.5, 0.6) is 5.75 Å². The van der Waals surface area contributed by atoms with Gasteiger partial charge in [-0.2, -0.15) is 0 Å². The summed E-state index contributed by atoms with van der Waals surface area (Å²) in [6.45, 7) is 1.97. The molecular formula is C16H17BrO2. The summed E-state index contributed by atoms with van der Waals surface area (Å²) in [7, 11) is 1.63. The van der Waals surface area contributed by atoms with Gasteiger partial charge in [0.15, 0.2) is 0 Å². The average molecular weight is 321 g/mol. The van der Waals surface area contributed by atoms with Crippen LogP contribution >= 0.6 is 15.9 Å². The molecule has 1 N–H and O–H groups in total. The zero-order chi connectivity index (χ0) is 13.9. The summed E-state index contributed by atoms with van der Waals surface area (Å²) in [6.07, 6.45) is 0.594. The van der Waals surface area contributed by atoms with E-state index in [1.165, 1.54) is 0 Å². The lowest BCUT2D eigenvalue weighted by Gasteiger charge is -2.28. The van der Waals surface area contributed by atoms with E-state index < -0.39 is 5.60 Å². The van der Waals surface area contributed by atoms with E-state index in [1.807, 2.05) is 55.5 Å². The molecule has 0 radical (unpaired) electrons. The lowest BCUT2D eigenvalue weighted by molar-refractivity contribution is 0.0762. The molecule has 1 atom stereocenters. The van der Waals surface area contributed by atoms with Gasteiger partial charge in [-0.25, -0.2) is 0 Å². The van der Waals surface area contributed by atoms with Crippen molar-refractivity contribution in [2.24, 2.45) is 0 Å². The standard InChI is InChI=1S/C16H17BrO2/c1-3-16(18,12-6-4-8-14(17)10-12)13-7-5-9-15(11-13)19-2/h4-11,18H,3H2,1-2H3. The molecule has 1 unspecified atom stereocenters. The van der Waals surface area contributed by atoms with Crippen LogP contribution in [-0.2, 0) is 5.60 Å². The van der Waals surface area contributed by atoms with Crippen LogP contribution in [0.3, 0.4) is 0 Å². The third kappa shape index (κ3) is 2.82. The van der Waals surface area contributed by atoms with Crippen LogP contribution in [0.15, 0.2) is 53.0 Å². The highest BCUT2D eigenvalue weighted by Crippen LogP contribution is 2.35. The number of benzene rings is 2. The van der Waals surface area contributed by atoms with Crippen LogP contribution in [0.4, 0.5) is 0 Å². The van der Waals surface area contributed by atoms with Gasteiger partial charge in [0, 0.05) is 4.47 Å². The van der Waals surface area contributed by atoms with E-state index in [9.17, 15) is 5.11 Å². The second-order valence-corrected chi connectivity index (χ2v) is 5.37. The van der Waals surface area contributed by atoms with Crippen LogP contribution in [0.25, 0.3) is 0 Å². The fraction of sp³-hybridized carbons (Fsp3) is 0.250. The van der Waals surface area contributed by atoms with Gasteiger partial charge in [0.2, 0.25) is 0 Å². The Morgan fingerprint density at radius 3 is 2.32 bits per heavy atom. The van der Waals surface area contributed by atoms with Crippen molar-refractivity contribution in [3.63, 3.8) is 0 Å². The molecule has 0 aromatic heterocycles. The molecule has 0 aliphatic heterocycles. The summed E-state index contributed by atoms with van der Waals surface area (Å²) in [6, 6.07) is 15.3. The van der Waals surface area contributed by atoms with Gasteiger partial charge in [-0.05, 0) is 41.8 Å². The highest BCUT2D eigenvalue weighted by Gasteiger charge is 2.29. The van der Waals surface area contributed by atoms with E-state index in [0.29, 0.717) is 6.42 Å². The fourth-order valence-corrected chi connectivity index (χ4v) is 2.60. The summed E-state index contributed by atoms with van der Waals surface area (Å²) < 4.78 is 6.19. The van der Waals surface area contributed by atoms with E-state index in [2.05, 4.69) is 15.9 Å². The average Bonchev–Trinajstić information content (AvgIpc) is 2.46. The van der Waals surface area contributed by atoms with E-state index >= 15 is 0 Å². The monoisotopic (exact) mass is 320 g/mol. The topological polar surface area (TPSA) is 29.5 Å². The first kappa shape index (κ1) is 14.1. The molecule has 0 saturated carbocycles. The fourth-order valence-electron chi connectivity index (χ4n) is 2.20. The number of ether oxygens (including phenoxy) is 1. The Kier molecular flexibility index (Phi) is 4.27. The van der Waals surface area contributed by atoms with Gasteiger partial charge >= 0.3 is 0 Å². The van der Waals surface area contributed by atoms with E-state index in [-0.39, 0.29) is 0 Å². The van der Waals surface area contributed by atoms with E-state index in [1.54, 1.807) is 7.11 Å². The molecule has 0 bridgehead atoms. The Hall–Kier alpha value is -1.32. The predicted octanol–water partition coefficient (Wildman–Crippen LogP) is 4.10. The summed E-state index contributed by atoms with van der Waals surface area (Å²) in [5.41, 5.74) is 0.711. The molecule has 0 amide bonds. The number of hydrogen-bond donors (Lipinski definition) is 1. The molecule has 0 aliphatic rings. The third-order valence-electron chi connectivity index (χ3n) is 3.36. The summed E-state index contributed by atoms with van der Waals surface area (Å²) in [4.78, 5) is 0. The highest BCUT2D eigenvalue weighted by molar-refractivity contribution is 9.10. The Labute approximate surface area is 122 Å². The van der Waals surface area contributed by atoms with Gasteiger partial charge in [-0.3, -0.25) is 0 Å². The van der Waals surface area contributed by atoms with Crippen LogP contribution in [0, 0.1) is 0 Å². The first-order valence-electron chi connectivity index (χ1n) is 6.23. The van der Waals surface area contributed by atoms with Crippen LogP contribution in [0.2, 0.25) is 0 Å². The van der Waals surface area contributed by atoms with Gasteiger partial charge in [-0.1, -0.05) is 47.1 Å². The van der Waals surface area contributed by atoms with Crippen molar-refractivity contribution in [1.82, 2.24) is 0 Å². The van der Waals surface area contributed by atoms with Gasteiger partial charge in [0.25, 0.3) is 0 Å². The number of rotatable bonds is 4. The minimum absolute atomic E-state index is 0.594. The smallest absolute Gasteiger partial charge is 0.119 e. The molecule has 19 heavy (non-hydrogen) atoms. The third-order valence-corrected chi connectivity index (χ3v) is 3.85. The molecule has 0 heterocycles. The molecule has 2 aromatic rings. The molecule has 0 saturated heterocycles. The lowest BCUT2D eigenvalue weighted by atomic mass is 9.84. The van der Waals surface area contributed by atoms with Crippen molar-refractivity contribution < 1.29 is 9.84 Å². The molecule has 0 aliphatic carbocycles. The summed E-state index contributed by atoms with van der Waals surface area (Å²) in [5.74, 6) is 0.749. The SMILES string of the molecule is CCC(O)(c1cccc(Br)c1)c1cccc(OC)c1. The number of halogens is 1. The highest BCUT2D eigenvalue weighted by atomic mass is 79.9. The van der Waals surface area contributed by atoms with Crippen LogP contribution in [-0.4, -0.2) is 12.2 Å². The zero-order valence-corrected chi connectivity index (χ0v) is 12.6. The second-order valence-electron chi connectivity index (χ2n) is 4.46. The van der Waals surface area contributed by atoms with Gasteiger partial charge in [-0.15, -0.1) is 0 Å². The predicted molar refractivity (Wildman–Crippen MR) is 80.4 cm³/mol. The molecule has 3 heteroatoms. The Morgan fingerprint density at radius 1 is 1.11 bits per heavy atom. The molecule has 0 fully saturated rings. The Bertz CT molecular complexity index is 568. The lowest BCUT2D eigenvalue weighted by Crippen LogP contribution is -2.26. The van der Waals surface area contributed by atoms with E-state index in [4.69, 9.17) is 4.74 Å². The molecule has 2 aromatic carbocycles. The molecule has 100 valence electrons. The molecule has 2 rings (SSSR count). The maximum absolute atomic E-state index is 11.0.